The van der Waals surface area contributed by atoms with Gasteiger partial charge >= 0.3 is 5.97 Å². The van der Waals surface area contributed by atoms with E-state index >= 15 is 0 Å². The first-order valence-corrected chi connectivity index (χ1v) is 10.1. The van der Waals surface area contributed by atoms with E-state index in [9.17, 15) is 9.59 Å². The number of benzene rings is 2. The molecule has 0 bridgehead atoms. The average molecular weight is 441 g/mol. The van der Waals surface area contributed by atoms with Crippen LogP contribution in [0.3, 0.4) is 0 Å². The van der Waals surface area contributed by atoms with Crippen LogP contribution in [0.25, 0.3) is 10.9 Å². The van der Waals surface area contributed by atoms with Gasteiger partial charge in [-0.05, 0) is 60.0 Å². The Morgan fingerprint density at radius 2 is 1.77 bits per heavy atom. The Kier molecular flexibility index (Phi) is 5.95. The third-order valence-corrected chi connectivity index (χ3v) is 5.50. The first-order chi connectivity index (χ1) is 15.0. The highest BCUT2D eigenvalue weighted by atomic mass is 35.5. The number of carbonyl (C=O) groups excluding carboxylic acids is 2. The smallest absolute Gasteiger partial charge is 0.338 e. The van der Waals surface area contributed by atoms with Gasteiger partial charge in [-0.2, -0.15) is 0 Å². The minimum Gasteiger partial charge on any atom is -0.493 e. The fraction of sp³-hybridized carbons (Fsp3) is 0.261. The summed E-state index contributed by atoms with van der Waals surface area (Å²) in [4.78, 5) is 30.9. The molecule has 7 nitrogen and oxygen atoms in total. The second-order valence-corrected chi connectivity index (χ2v) is 7.55. The van der Waals surface area contributed by atoms with Crippen molar-refractivity contribution in [2.24, 2.45) is 0 Å². The lowest BCUT2D eigenvalue weighted by molar-refractivity contribution is -0.135. The highest BCUT2D eigenvalue weighted by Crippen LogP contribution is 2.33. The molecular weight excluding hydrogens is 420 g/mol. The van der Waals surface area contributed by atoms with Crippen LogP contribution in [0.4, 0.5) is 0 Å². The number of esters is 1. The van der Waals surface area contributed by atoms with Crippen molar-refractivity contribution in [3.63, 3.8) is 0 Å². The lowest BCUT2D eigenvalue weighted by atomic mass is 9.99. The highest BCUT2D eigenvalue weighted by molar-refractivity contribution is 6.29. The molecule has 0 saturated carbocycles. The van der Waals surface area contributed by atoms with Crippen LogP contribution in [0.1, 0.15) is 21.5 Å². The van der Waals surface area contributed by atoms with Gasteiger partial charge < -0.3 is 19.1 Å². The molecular formula is C23H21ClN2O5. The van der Waals surface area contributed by atoms with Gasteiger partial charge in [0, 0.05) is 18.5 Å². The Morgan fingerprint density at radius 3 is 2.52 bits per heavy atom. The lowest BCUT2D eigenvalue weighted by Gasteiger charge is -2.29. The minimum absolute atomic E-state index is 0.247. The van der Waals surface area contributed by atoms with Crippen molar-refractivity contribution in [1.29, 1.82) is 0 Å². The maximum absolute atomic E-state index is 12.6. The molecule has 8 heteroatoms. The number of fused-ring (bicyclic) bond motifs is 2. The number of nitrogens with zero attached hydrogens (tertiary/aromatic N) is 2. The van der Waals surface area contributed by atoms with Crippen LogP contribution in [0.15, 0.2) is 42.5 Å². The van der Waals surface area contributed by atoms with E-state index in [4.69, 9.17) is 25.8 Å². The molecule has 3 aromatic rings. The number of amides is 1. The van der Waals surface area contributed by atoms with E-state index in [-0.39, 0.29) is 12.5 Å². The largest absolute Gasteiger partial charge is 0.493 e. The zero-order chi connectivity index (χ0) is 22.0. The molecule has 0 aliphatic carbocycles. The van der Waals surface area contributed by atoms with Crippen LogP contribution in [-0.2, 0) is 22.5 Å². The van der Waals surface area contributed by atoms with Gasteiger partial charge in [0.2, 0.25) is 0 Å². The summed E-state index contributed by atoms with van der Waals surface area (Å²) in [6.07, 6.45) is 0.690. The van der Waals surface area contributed by atoms with Crippen LogP contribution in [0.2, 0.25) is 5.15 Å². The van der Waals surface area contributed by atoms with Crippen LogP contribution >= 0.6 is 11.6 Å². The fourth-order valence-corrected chi connectivity index (χ4v) is 3.78. The van der Waals surface area contributed by atoms with Crippen LogP contribution in [0, 0.1) is 0 Å². The molecule has 0 fully saturated rings. The molecule has 2 aromatic carbocycles. The molecule has 0 spiro atoms. The number of halogens is 1. The quantitative estimate of drug-likeness (QED) is 0.445. The molecule has 0 unspecified atom stereocenters. The molecule has 1 aliphatic heterocycles. The highest BCUT2D eigenvalue weighted by Gasteiger charge is 2.24. The fourth-order valence-electron chi connectivity index (χ4n) is 3.63. The molecule has 31 heavy (non-hydrogen) atoms. The standard InChI is InChI=1S/C23H21ClN2O5/c1-29-19-10-14-7-8-26(12-17(14)11-20(19)30-2)22(27)13-31-23(28)16-3-5-18-15(9-16)4-6-21(24)25-18/h3-6,9-11H,7-8,12-13H2,1-2H3. The van der Waals surface area contributed by atoms with Gasteiger partial charge in [0.25, 0.3) is 5.91 Å². The summed E-state index contributed by atoms with van der Waals surface area (Å²) in [5, 5.41) is 1.15. The van der Waals surface area contributed by atoms with Crippen LogP contribution in [0.5, 0.6) is 11.5 Å². The zero-order valence-corrected chi connectivity index (χ0v) is 17.9. The predicted octanol–water partition coefficient (Wildman–Crippen LogP) is 3.65. The third-order valence-electron chi connectivity index (χ3n) is 5.29. The van der Waals surface area contributed by atoms with Gasteiger partial charge in [-0.25, -0.2) is 9.78 Å². The zero-order valence-electron chi connectivity index (χ0n) is 17.2. The topological polar surface area (TPSA) is 78.0 Å². The van der Waals surface area contributed by atoms with Gasteiger partial charge in [-0.1, -0.05) is 11.6 Å². The number of pyridine rings is 1. The molecule has 0 atom stereocenters. The number of aromatic nitrogens is 1. The van der Waals surface area contributed by atoms with E-state index in [2.05, 4.69) is 4.98 Å². The van der Waals surface area contributed by atoms with Gasteiger partial charge in [-0.15, -0.1) is 0 Å². The lowest BCUT2D eigenvalue weighted by Crippen LogP contribution is -2.38. The number of hydrogen-bond acceptors (Lipinski definition) is 6. The van der Waals surface area contributed by atoms with Crippen molar-refractivity contribution in [1.82, 2.24) is 9.88 Å². The van der Waals surface area contributed by atoms with E-state index in [1.54, 1.807) is 49.5 Å². The number of ether oxygens (including phenoxy) is 3. The molecule has 4 rings (SSSR count). The van der Waals surface area contributed by atoms with Crippen molar-refractivity contribution in [2.75, 3.05) is 27.4 Å². The second kappa shape index (κ2) is 8.81. The van der Waals surface area contributed by atoms with Gasteiger partial charge in [-0.3, -0.25) is 4.79 Å². The Bertz CT molecular complexity index is 1160. The molecule has 0 saturated heterocycles. The molecule has 0 N–H and O–H groups in total. The normalized spacial score (nSPS) is 12.9. The summed E-state index contributed by atoms with van der Waals surface area (Å²) in [7, 11) is 3.17. The average Bonchev–Trinajstić information content (AvgIpc) is 2.80. The number of methoxy groups -OCH3 is 2. The first-order valence-electron chi connectivity index (χ1n) is 9.73. The van der Waals surface area contributed by atoms with Crippen LogP contribution < -0.4 is 9.47 Å². The summed E-state index contributed by atoms with van der Waals surface area (Å²) in [6, 6.07) is 12.2. The van der Waals surface area contributed by atoms with E-state index in [1.807, 2.05) is 12.1 Å². The summed E-state index contributed by atoms with van der Waals surface area (Å²) >= 11 is 5.88. The predicted molar refractivity (Wildman–Crippen MR) is 116 cm³/mol. The summed E-state index contributed by atoms with van der Waals surface area (Å²) in [6.45, 7) is 0.647. The maximum Gasteiger partial charge on any atom is 0.338 e. The third kappa shape index (κ3) is 4.41. The van der Waals surface area contributed by atoms with E-state index in [0.717, 1.165) is 16.5 Å². The van der Waals surface area contributed by atoms with E-state index < -0.39 is 5.97 Å². The molecule has 0 radical (unpaired) electrons. The molecule has 2 heterocycles. The second-order valence-electron chi connectivity index (χ2n) is 7.16. The molecule has 1 aliphatic rings. The maximum atomic E-state index is 12.6. The van der Waals surface area contributed by atoms with Crippen molar-refractivity contribution >= 4 is 34.4 Å². The Morgan fingerprint density at radius 1 is 1.03 bits per heavy atom. The van der Waals surface area contributed by atoms with Gasteiger partial charge in [0.1, 0.15) is 5.15 Å². The Labute approximate surface area is 184 Å². The Balaban J connectivity index is 1.40. The summed E-state index contributed by atoms with van der Waals surface area (Å²) < 4.78 is 16.0. The SMILES string of the molecule is COc1cc2c(cc1OC)CN(C(=O)COC(=O)c1ccc3nc(Cl)ccc3c1)CC2. The van der Waals surface area contributed by atoms with Crippen molar-refractivity contribution < 1.29 is 23.8 Å². The summed E-state index contributed by atoms with van der Waals surface area (Å²) in [5.74, 6) is 0.480. The molecule has 1 aromatic heterocycles. The van der Waals surface area contributed by atoms with Crippen molar-refractivity contribution in [3.05, 3.63) is 64.3 Å². The van der Waals surface area contributed by atoms with E-state index in [1.165, 1.54) is 0 Å². The van der Waals surface area contributed by atoms with Gasteiger partial charge in [0.05, 0.1) is 25.3 Å². The monoisotopic (exact) mass is 440 g/mol. The van der Waals surface area contributed by atoms with E-state index in [0.29, 0.717) is 47.2 Å². The molecule has 1 amide bonds. The summed E-state index contributed by atoms with van der Waals surface area (Å²) in [5.41, 5.74) is 3.14. The Hall–Kier alpha value is -3.32. The van der Waals surface area contributed by atoms with Crippen molar-refractivity contribution in [3.8, 4) is 11.5 Å². The molecule has 160 valence electrons. The number of hydrogen-bond donors (Lipinski definition) is 0. The number of carbonyl (C=O) groups is 2. The van der Waals surface area contributed by atoms with Gasteiger partial charge in [0.15, 0.2) is 18.1 Å². The first kappa shape index (κ1) is 20.9. The number of rotatable bonds is 5. The van der Waals surface area contributed by atoms with Crippen LogP contribution in [-0.4, -0.2) is 49.1 Å². The minimum atomic E-state index is -0.561. The van der Waals surface area contributed by atoms with Crippen molar-refractivity contribution in [2.45, 2.75) is 13.0 Å².